The summed E-state index contributed by atoms with van der Waals surface area (Å²) in [6.45, 7) is 4.42. The molecule has 3 nitrogen and oxygen atoms in total. The smallest absolute Gasteiger partial charge is 0.179 e. The third-order valence-corrected chi connectivity index (χ3v) is 2.31. The van der Waals surface area contributed by atoms with Crippen LogP contribution in [0.2, 0.25) is 0 Å². The summed E-state index contributed by atoms with van der Waals surface area (Å²) in [6, 6.07) is 6.04. The van der Waals surface area contributed by atoms with E-state index in [4.69, 9.17) is 9.29 Å². The number of benzene rings is 1. The minimum absolute atomic E-state index is 0.132. The van der Waals surface area contributed by atoms with Crippen LogP contribution in [0.15, 0.2) is 18.2 Å². The molecule has 1 aromatic carbocycles. The maximum atomic E-state index is 10.3. The maximum absolute atomic E-state index is 10.3. The first-order chi connectivity index (χ1) is 6.59. The average Bonchev–Trinajstić information content (AvgIpc) is 2.08. The number of hydrogen-bond acceptors (Lipinski definition) is 2. The zero-order valence-electron chi connectivity index (χ0n) is 8.32. The molecule has 1 N–H and O–H groups in total. The molecule has 1 unspecified atom stereocenters. The van der Waals surface area contributed by atoms with Crippen molar-refractivity contribution in [2.75, 3.05) is 5.94 Å². The van der Waals surface area contributed by atoms with Crippen molar-refractivity contribution in [1.82, 2.24) is 0 Å². The van der Waals surface area contributed by atoms with Crippen molar-refractivity contribution in [3.8, 4) is 0 Å². The zero-order valence-corrected chi connectivity index (χ0v) is 9.13. The lowest BCUT2D eigenvalue weighted by Crippen LogP contribution is -2.02. The minimum Gasteiger partial charge on any atom is -0.361 e. The Morgan fingerprint density at radius 3 is 2.71 bits per heavy atom. The van der Waals surface area contributed by atoms with Gasteiger partial charge in [-0.25, -0.2) is 4.21 Å². The summed E-state index contributed by atoms with van der Waals surface area (Å²) < 4.78 is 23.9. The molecule has 14 heavy (non-hydrogen) atoms. The lowest BCUT2D eigenvalue weighted by molar-refractivity contribution is 0.161. The maximum Gasteiger partial charge on any atom is 0.179 e. The normalized spacial score (nSPS) is 12.8. The summed E-state index contributed by atoms with van der Waals surface area (Å²) >= 11 is -1.87. The van der Waals surface area contributed by atoms with Gasteiger partial charge < -0.3 is 9.29 Å². The van der Waals surface area contributed by atoms with Gasteiger partial charge in [-0.05, 0) is 25.0 Å². The van der Waals surface area contributed by atoms with Crippen LogP contribution in [0.5, 0.6) is 0 Å². The second kappa shape index (κ2) is 5.24. The van der Waals surface area contributed by atoms with Crippen LogP contribution in [-0.4, -0.2) is 14.7 Å². The van der Waals surface area contributed by atoms with Gasteiger partial charge in [0.25, 0.3) is 0 Å². The third-order valence-electron chi connectivity index (χ3n) is 1.94. The van der Waals surface area contributed by atoms with Gasteiger partial charge in [0.1, 0.15) is 5.94 Å². The van der Waals surface area contributed by atoms with Gasteiger partial charge in [0.15, 0.2) is 11.1 Å². The summed E-state index contributed by atoms with van der Waals surface area (Å²) in [5, 5.41) is 0. The van der Waals surface area contributed by atoms with E-state index in [1.54, 1.807) is 0 Å². The van der Waals surface area contributed by atoms with E-state index < -0.39 is 11.1 Å². The van der Waals surface area contributed by atoms with Gasteiger partial charge in [-0.3, -0.25) is 0 Å². The van der Waals surface area contributed by atoms with Gasteiger partial charge in [0.2, 0.25) is 0 Å². The van der Waals surface area contributed by atoms with Crippen molar-refractivity contribution in [3.63, 3.8) is 0 Å². The molecule has 0 saturated carbocycles. The monoisotopic (exact) mass is 214 g/mol. The van der Waals surface area contributed by atoms with Crippen molar-refractivity contribution >= 4 is 11.1 Å². The first kappa shape index (κ1) is 11.4. The Hall–Kier alpha value is -0.710. The summed E-state index contributed by atoms with van der Waals surface area (Å²) in [4.78, 5) is 0. The molecule has 0 aliphatic rings. The first-order valence-corrected chi connectivity index (χ1v) is 5.58. The predicted molar refractivity (Wildman–Crippen MR) is 56.3 cm³/mol. The van der Waals surface area contributed by atoms with E-state index in [2.05, 4.69) is 6.07 Å². The average molecular weight is 214 g/mol. The van der Waals surface area contributed by atoms with Crippen LogP contribution in [0.1, 0.15) is 16.7 Å². The van der Waals surface area contributed by atoms with Gasteiger partial charge in [0, 0.05) is 0 Å². The Balaban J connectivity index is 2.55. The number of ether oxygens (including phenoxy) is 1. The lowest BCUT2D eigenvalue weighted by Gasteiger charge is -2.06. The molecule has 0 saturated heterocycles. The number of hydrogen-bond donors (Lipinski definition) is 1. The van der Waals surface area contributed by atoms with E-state index >= 15 is 0 Å². The van der Waals surface area contributed by atoms with E-state index in [9.17, 15) is 4.21 Å². The van der Waals surface area contributed by atoms with Crippen LogP contribution in [0.25, 0.3) is 0 Å². The molecule has 0 aliphatic carbocycles. The van der Waals surface area contributed by atoms with Crippen LogP contribution >= 0.6 is 0 Å². The van der Waals surface area contributed by atoms with Crippen molar-refractivity contribution in [3.05, 3.63) is 34.9 Å². The molecule has 4 heteroatoms. The van der Waals surface area contributed by atoms with Crippen LogP contribution in [0, 0.1) is 13.8 Å². The fraction of sp³-hybridized carbons (Fsp3) is 0.400. The van der Waals surface area contributed by atoms with E-state index in [1.807, 2.05) is 26.0 Å². The topological polar surface area (TPSA) is 46.5 Å². The molecular weight excluding hydrogens is 200 g/mol. The quantitative estimate of drug-likeness (QED) is 0.780. The van der Waals surface area contributed by atoms with Gasteiger partial charge in [0.05, 0.1) is 6.61 Å². The largest absolute Gasteiger partial charge is 0.361 e. The van der Waals surface area contributed by atoms with Gasteiger partial charge in [-0.15, -0.1) is 0 Å². The second-order valence-corrected chi connectivity index (χ2v) is 4.10. The number of aryl methyl sites for hydroxylation is 2. The molecule has 0 aromatic heterocycles. The molecule has 0 heterocycles. The summed E-state index contributed by atoms with van der Waals surface area (Å²) in [5.41, 5.74) is 3.41. The fourth-order valence-electron chi connectivity index (χ4n) is 1.23. The van der Waals surface area contributed by atoms with Crippen LogP contribution in [-0.2, 0) is 22.4 Å². The highest BCUT2D eigenvalue weighted by Gasteiger charge is 1.99. The van der Waals surface area contributed by atoms with Crippen molar-refractivity contribution < 1.29 is 13.5 Å². The molecule has 1 rings (SSSR count). The van der Waals surface area contributed by atoms with Gasteiger partial charge in [-0.2, -0.15) is 0 Å². The highest BCUT2D eigenvalue weighted by Crippen LogP contribution is 2.11. The van der Waals surface area contributed by atoms with E-state index in [0.29, 0.717) is 6.61 Å². The first-order valence-electron chi connectivity index (χ1n) is 4.31. The van der Waals surface area contributed by atoms with Crippen molar-refractivity contribution in [2.45, 2.75) is 20.5 Å². The van der Waals surface area contributed by atoms with E-state index in [0.717, 1.165) is 11.1 Å². The molecule has 1 aromatic rings. The van der Waals surface area contributed by atoms with Crippen LogP contribution in [0.4, 0.5) is 0 Å². The molecule has 78 valence electrons. The summed E-state index contributed by atoms with van der Waals surface area (Å²) in [7, 11) is 0. The van der Waals surface area contributed by atoms with Gasteiger partial charge in [-0.1, -0.05) is 23.8 Å². The predicted octanol–water partition coefficient (Wildman–Crippen LogP) is 2.00. The molecule has 0 amide bonds. The van der Waals surface area contributed by atoms with E-state index in [-0.39, 0.29) is 5.94 Å². The Bertz CT molecular complexity index is 336. The molecular formula is C10H14O3S. The highest BCUT2D eigenvalue weighted by molar-refractivity contribution is 7.79. The van der Waals surface area contributed by atoms with Crippen LogP contribution < -0.4 is 0 Å². The fourth-order valence-corrected chi connectivity index (χ4v) is 1.46. The lowest BCUT2D eigenvalue weighted by atomic mass is 10.1. The SMILES string of the molecule is Cc1ccc(COCS(=O)O)c(C)c1. The minimum atomic E-state index is -1.87. The molecule has 0 bridgehead atoms. The molecule has 0 fully saturated rings. The summed E-state index contributed by atoms with van der Waals surface area (Å²) in [6.07, 6.45) is 0. The van der Waals surface area contributed by atoms with Crippen LogP contribution in [0.3, 0.4) is 0 Å². The third kappa shape index (κ3) is 3.57. The molecule has 0 aliphatic heterocycles. The zero-order chi connectivity index (χ0) is 10.6. The van der Waals surface area contributed by atoms with Crippen molar-refractivity contribution in [1.29, 1.82) is 0 Å². The summed E-state index contributed by atoms with van der Waals surface area (Å²) in [5.74, 6) is -0.132. The van der Waals surface area contributed by atoms with E-state index in [1.165, 1.54) is 5.56 Å². The Labute approximate surface area is 86.4 Å². The molecule has 0 spiro atoms. The Morgan fingerprint density at radius 1 is 1.43 bits per heavy atom. The standard InChI is InChI=1S/C10H14O3S/c1-8-3-4-10(9(2)5-8)6-13-7-14(11)12/h3-5H,6-7H2,1-2H3,(H,11,12). The van der Waals surface area contributed by atoms with Crippen molar-refractivity contribution in [2.24, 2.45) is 0 Å². The Kier molecular flexibility index (Phi) is 4.25. The Morgan fingerprint density at radius 2 is 2.14 bits per heavy atom. The molecule has 0 radical (unpaired) electrons. The second-order valence-electron chi connectivity index (χ2n) is 3.22. The highest BCUT2D eigenvalue weighted by atomic mass is 32.2. The van der Waals surface area contributed by atoms with Gasteiger partial charge >= 0.3 is 0 Å². The number of rotatable bonds is 4. The molecule has 1 atom stereocenters.